The van der Waals surface area contributed by atoms with Crippen molar-refractivity contribution < 1.29 is 14.3 Å². The maximum absolute atomic E-state index is 12.7. The van der Waals surface area contributed by atoms with Crippen molar-refractivity contribution in [3.8, 4) is 22.6 Å². The van der Waals surface area contributed by atoms with Gasteiger partial charge in [0.05, 0.1) is 35.3 Å². The summed E-state index contributed by atoms with van der Waals surface area (Å²) in [5.74, 6) is 0.558. The van der Waals surface area contributed by atoms with Crippen LogP contribution < -0.4 is 14.8 Å². The largest absolute Gasteiger partial charge is 0.495 e. The fraction of sp³-hybridized carbons (Fsp3) is 0.105. The van der Waals surface area contributed by atoms with E-state index in [1.807, 2.05) is 0 Å². The normalized spacial score (nSPS) is 10.8. The summed E-state index contributed by atoms with van der Waals surface area (Å²) in [5.41, 5.74) is 2.12. The van der Waals surface area contributed by atoms with Gasteiger partial charge in [-0.25, -0.2) is 5.10 Å². The van der Waals surface area contributed by atoms with E-state index >= 15 is 0 Å². The number of hydrogen-bond acceptors (Lipinski definition) is 7. The van der Waals surface area contributed by atoms with E-state index in [9.17, 15) is 4.79 Å². The molecule has 0 saturated heterocycles. The minimum atomic E-state index is -0.427. The van der Waals surface area contributed by atoms with Crippen LogP contribution >= 0.6 is 23.2 Å². The molecule has 2 N–H and O–H groups in total. The number of H-pyrrole nitrogens is 1. The summed E-state index contributed by atoms with van der Waals surface area (Å²) < 4.78 is 10.7. The fourth-order valence-corrected chi connectivity index (χ4v) is 3.71. The summed E-state index contributed by atoms with van der Waals surface area (Å²) in [7, 11) is 2.99. The molecule has 2 aromatic carbocycles. The molecule has 9 nitrogen and oxygen atoms in total. The summed E-state index contributed by atoms with van der Waals surface area (Å²) in [4.78, 5) is 25.4. The standard InChI is InChI=1S/C19H14Cl2N6O3/c1-29-11-7-12(30-2)15(21)13(14(11)20)9-3-4-10(17-16(9)22-5-6-23-17)18(28)26-19-24-8-25-27-19/h3-8H,1-2H3,(H2,24,25,26,27,28). The van der Waals surface area contributed by atoms with Crippen LogP contribution in [0.5, 0.6) is 11.5 Å². The molecule has 0 bridgehead atoms. The highest BCUT2D eigenvalue weighted by molar-refractivity contribution is 6.41. The zero-order chi connectivity index (χ0) is 21.3. The SMILES string of the molecule is COc1cc(OC)c(Cl)c(-c2ccc(C(=O)Nc3ncn[nH]3)c3nccnc23)c1Cl. The smallest absolute Gasteiger partial charge is 0.260 e. The first-order valence-electron chi connectivity index (χ1n) is 8.56. The summed E-state index contributed by atoms with van der Waals surface area (Å²) in [6.45, 7) is 0. The van der Waals surface area contributed by atoms with E-state index in [0.29, 0.717) is 39.2 Å². The fourth-order valence-electron chi connectivity index (χ4n) is 3.00. The number of amides is 1. The van der Waals surface area contributed by atoms with Crippen LogP contribution in [0.25, 0.3) is 22.2 Å². The lowest BCUT2D eigenvalue weighted by atomic mass is 9.99. The number of nitrogens with zero attached hydrogens (tertiary/aromatic N) is 4. The van der Waals surface area contributed by atoms with Gasteiger partial charge in [-0.05, 0) is 6.07 Å². The number of aromatic nitrogens is 5. The van der Waals surface area contributed by atoms with Crippen molar-refractivity contribution in [2.75, 3.05) is 19.5 Å². The molecule has 2 heterocycles. The van der Waals surface area contributed by atoms with E-state index in [2.05, 4.69) is 30.5 Å². The topological polar surface area (TPSA) is 115 Å². The first-order chi connectivity index (χ1) is 14.5. The molecule has 0 unspecified atom stereocenters. The molecule has 1 amide bonds. The molecule has 0 atom stereocenters. The third-order valence-corrected chi connectivity index (χ3v) is 5.11. The predicted molar refractivity (Wildman–Crippen MR) is 112 cm³/mol. The van der Waals surface area contributed by atoms with Gasteiger partial charge >= 0.3 is 0 Å². The lowest BCUT2D eigenvalue weighted by molar-refractivity contribution is 0.102. The van der Waals surface area contributed by atoms with Crippen molar-refractivity contribution in [1.29, 1.82) is 0 Å². The minimum absolute atomic E-state index is 0.213. The van der Waals surface area contributed by atoms with Gasteiger partial charge in [0, 0.05) is 29.6 Å². The van der Waals surface area contributed by atoms with Crippen LogP contribution in [0.2, 0.25) is 10.0 Å². The number of carbonyl (C=O) groups is 1. The lowest BCUT2D eigenvalue weighted by Crippen LogP contribution is -2.14. The van der Waals surface area contributed by atoms with Crippen LogP contribution in [0.4, 0.5) is 5.95 Å². The Morgan fingerprint density at radius 3 is 2.27 bits per heavy atom. The van der Waals surface area contributed by atoms with Crippen LogP contribution in [0, 0.1) is 0 Å². The van der Waals surface area contributed by atoms with Crippen molar-refractivity contribution in [2.45, 2.75) is 0 Å². The van der Waals surface area contributed by atoms with E-state index in [0.717, 1.165) is 0 Å². The van der Waals surface area contributed by atoms with Gasteiger partial charge in [-0.1, -0.05) is 29.3 Å². The van der Waals surface area contributed by atoms with Gasteiger partial charge < -0.3 is 9.47 Å². The molecule has 4 aromatic rings. The molecule has 11 heteroatoms. The predicted octanol–water partition coefficient (Wildman–Crippen LogP) is 3.99. The summed E-state index contributed by atoms with van der Waals surface area (Å²) in [6.07, 6.45) is 4.30. The Morgan fingerprint density at radius 1 is 1.00 bits per heavy atom. The highest BCUT2D eigenvalue weighted by Crippen LogP contribution is 2.47. The third kappa shape index (κ3) is 3.38. The van der Waals surface area contributed by atoms with Crippen molar-refractivity contribution >= 4 is 46.1 Å². The second-order valence-electron chi connectivity index (χ2n) is 5.99. The second-order valence-corrected chi connectivity index (χ2v) is 6.74. The molecule has 152 valence electrons. The number of methoxy groups -OCH3 is 2. The van der Waals surface area contributed by atoms with Gasteiger partial charge in [0.2, 0.25) is 5.95 Å². The Bertz CT molecular complexity index is 1220. The molecule has 2 aromatic heterocycles. The van der Waals surface area contributed by atoms with E-state index in [1.165, 1.54) is 32.9 Å². The number of halogens is 2. The Morgan fingerprint density at radius 2 is 1.67 bits per heavy atom. The highest BCUT2D eigenvalue weighted by Gasteiger charge is 2.23. The van der Waals surface area contributed by atoms with Crippen molar-refractivity contribution in [1.82, 2.24) is 25.1 Å². The molecule has 30 heavy (non-hydrogen) atoms. The summed E-state index contributed by atoms with van der Waals surface area (Å²) >= 11 is 13.1. The van der Waals surface area contributed by atoms with Gasteiger partial charge in [0.15, 0.2) is 0 Å². The quantitative estimate of drug-likeness (QED) is 0.477. The number of carbonyl (C=O) groups excluding carboxylic acids is 1. The molecule has 0 fully saturated rings. The zero-order valence-electron chi connectivity index (χ0n) is 15.7. The van der Waals surface area contributed by atoms with Crippen molar-refractivity contribution in [3.05, 3.63) is 52.5 Å². The number of anilines is 1. The van der Waals surface area contributed by atoms with Crippen molar-refractivity contribution in [2.24, 2.45) is 0 Å². The first-order valence-corrected chi connectivity index (χ1v) is 9.31. The highest BCUT2D eigenvalue weighted by atomic mass is 35.5. The first kappa shape index (κ1) is 19.9. The lowest BCUT2D eigenvalue weighted by Gasteiger charge is -2.16. The minimum Gasteiger partial charge on any atom is -0.495 e. The molecule has 0 saturated carbocycles. The van der Waals surface area contributed by atoms with E-state index < -0.39 is 5.91 Å². The number of rotatable bonds is 5. The van der Waals surface area contributed by atoms with Gasteiger partial charge in [0.25, 0.3) is 5.91 Å². The molecule has 0 aliphatic heterocycles. The number of benzene rings is 2. The average Bonchev–Trinajstić information content (AvgIpc) is 3.27. The van der Waals surface area contributed by atoms with E-state index in [4.69, 9.17) is 32.7 Å². The zero-order valence-corrected chi connectivity index (χ0v) is 17.2. The van der Waals surface area contributed by atoms with Crippen LogP contribution in [0.1, 0.15) is 10.4 Å². The number of aromatic amines is 1. The van der Waals surface area contributed by atoms with Crippen LogP contribution in [-0.4, -0.2) is 45.3 Å². The maximum atomic E-state index is 12.7. The number of nitrogens with one attached hydrogen (secondary N) is 2. The number of hydrogen-bond donors (Lipinski definition) is 2. The van der Waals surface area contributed by atoms with Gasteiger partial charge in [0.1, 0.15) is 23.3 Å². The molecule has 0 aliphatic rings. The monoisotopic (exact) mass is 444 g/mol. The van der Waals surface area contributed by atoms with Crippen LogP contribution in [-0.2, 0) is 0 Å². The molecule has 0 aliphatic carbocycles. The molecular formula is C19H14Cl2N6O3. The van der Waals surface area contributed by atoms with E-state index in [1.54, 1.807) is 18.2 Å². The Hall–Kier alpha value is -3.43. The molecule has 0 radical (unpaired) electrons. The van der Waals surface area contributed by atoms with Gasteiger partial charge in [-0.3, -0.25) is 20.1 Å². The van der Waals surface area contributed by atoms with Crippen molar-refractivity contribution in [3.63, 3.8) is 0 Å². The third-order valence-electron chi connectivity index (χ3n) is 4.36. The molecular weight excluding hydrogens is 431 g/mol. The van der Waals surface area contributed by atoms with Gasteiger partial charge in [-0.2, -0.15) is 10.1 Å². The molecule has 0 spiro atoms. The van der Waals surface area contributed by atoms with E-state index in [-0.39, 0.29) is 16.0 Å². The Kier molecular flexibility index (Phi) is 5.39. The second kappa shape index (κ2) is 8.13. The molecule has 4 rings (SSSR count). The van der Waals surface area contributed by atoms with Gasteiger partial charge in [-0.15, -0.1) is 0 Å². The summed E-state index contributed by atoms with van der Waals surface area (Å²) in [6, 6.07) is 4.90. The van der Waals surface area contributed by atoms with Crippen LogP contribution in [0.15, 0.2) is 36.9 Å². The maximum Gasteiger partial charge on any atom is 0.260 e. The number of ether oxygens (including phenoxy) is 2. The Labute approximate surface area is 180 Å². The average molecular weight is 445 g/mol. The summed E-state index contributed by atoms with van der Waals surface area (Å²) in [5, 5.41) is 9.47. The van der Waals surface area contributed by atoms with Crippen LogP contribution in [0.3, 0.4) is 0 Å². The Balaban J connectivity index is 1.92. The number of fused-ring (bicyclic) bond motifs is 1.